The molecule has 2 aromatic rings. The van der Waals surface area contributed by atoms with Gasteiger partial charge in [0, 0.05) is 23.4 Å². The monoisotopic (exact) mass is 282 g/mol. The van der Waals surface area contributed by atoms with Crippen LogP contribution in [0.4, 0.5) is 11.4 Å². The van der Waals surface area contributed by atoms with E-state index in [1.165, 1.54) is 6.92 Å². The highest BCUT2D eigenvalue weighted by atomic mass is 16.1. The van der Waals surface area contributed by atoms with Crippen LogP contribution in [0.1, 0.15) is 29.3 Å². The maximum atomic E-state index is 11.9. The number of rotatable bonds is 5. The van der Waals surface area contributed by atoms with Gasteiger partial charge in [-0.05, 0) is 49.2 Å². The Morgan fingerprint density at radius 3 is 2.33 bits per heavy atom. The Hall–Kier alpha value is -2.62. The molecule has 0 aliphatic heterocycles. The second-order valence-corrected chi connectivity index (χ2v) is 4.88. The van der Waals surface area contributed by atoms with Crippen LogP contribution in [0.2, 0.25) is 0 Å². The van der Waals surface area contributed by atoms with Gasteiger partial charge in [-0.2, -0.15) is 0 Å². The second-order valence-electron chi connectivity index (χ2n) is 4.88. The molecule has 0 fully saturated rings. The fraction of sp³-hybridized carbons (Fsp3) is 0.176. The van der Waals surface area contributed by atoms with Crippen LogP contribution in [0.15, 0.2) is 48.5 Å². The highest BCUT2D eigenvalue weighted by Crippen LogP contribution is 2.14. The third-order valence-electron chi connectivity index (χ3n) is 3.25. The summed E-state index contributed by atoms with van der Waals surface area (Å²) >= 11 is 0. The number of hydrogen-bond donors (Lipinski definition) is 2. The van der Waals surface area contributed by atoms with Crippen molar-refractivity contribution >= 4 is 23.1 Å². The molecule has 0 aromatic heterocycles. The molecular formula is C17H18N2O2. The molecular weight excluding hydrogens is 264 g/mol. The van der Waals surface area contributed by atoms with Crippen molar-refractivity contribution in [3.8, 4) is 0 Å². The molecule has 2 rings (SSSR count). The minimum Gasteiger partial charge on any atom is -0.399 e. The van der Waals surface area contributed by atoms with Crippen LogP contribution in [0.3, 0.4) is 0 Å². The molecule has 3 N–H and O–H groups in total. The Labute approximate surface area is 124 Å². The van der Waals surface area contributed by atoms with Crippen LogP contribution in [-0.2, 0) is 11.2 Å². The van der Waals surface area contributed by atoms with Crippen molar-refractivity contribution in [2.45, 2.75) is 19.8 Å². The standard InChI is InChI=1S/C17H18N2O2/c1-12(20)13-6-9-15(10-7-13)19-17(21)11-8-14-4-2-3-5-16(14)18/h2-7,9-10H,8,11,18H2,1H3,(H,19,21). The molecule has 108 valence electrons. The van der Waals surface area contributed by atoms with Gasteiger partial charge in [0.25, 0.3) is 0 Å². The molecule has 0 bridgehead atoms. The minimum atomic E-state index is -0.0752. The number of hydrogen-bond acceptors (Lipinski definition) is 3. The average molecular weight is 282 g/mol. The van der Waals surface area contributed by atoms with Crippen LogP contribution >= 0.6 is 0 Å². The molecule has 0 radical (unpaired) electrons. The number of anilines is 2. The number of aryl methyl sites for hydroxylation is 1. The van der Waals surface area contributed by atoms with Crippen molar-refractivity contribution in [1.29, 1.82) is 0 Å². The topological polar surface area (TPSA) is 72.2 Å². The number of carbonyl (C=O) groups excluding carboxylic acids is 2. The van der Waals surface area contributed by atoms with E-state index < -0.39 is 0 Å². The fourth-order valence-electron chi connectivity index (χ4n) is 2.02. The summed E-state index contributed by atoms with van der Waals surface area (Å²) in [5.41, 5.74) is 8.83. The van der Waals surface area contributed by atoms with E-state index >= 15 is 0 Å². The normalized spacial score (nSPS) is 10.1. The van der Waals surface area contributed by atoms with Gasteiger partial charge in [-0.1, -0.05) is 18.2 Å². The van der Waals surface area contributed by atoms with Gasteiger partial charge in [-0.3, -0.25) is 9.59 Å². The van der Waals surface area contributed by atoms with Crippen LogP contribution in [-0.4, -0.2) is 11.7 Å². The number of nitrogens with one attached hydrogen (secondary N) is 1. The second kappa shape index (κ2) is 6.70. The zero-order valence-corrected chi connectivity index (χ0v) is 11.9. The molecule has 0 unspecified atom stereocenters. The van der Waals surface area contributed by atoms with E-state index in [2.05, 4.69) is 5.32 Å². The summed E-state index contributed by atoms with van der Waals surface area (Å²) in [6.07, 6.45) is 0.965. The van der Waals surface area contributed by atoms with Gasteiger partial charge in [0.1, 0.15) is 0 Å². The Morgan fingerprint density at radius 2 is 1.71 bits per heavy atom. The lowest BCUT2D eigenvalue weighted by molar-refractivity contribution is -0.116. The smallest absolute Gasteiger partial charge is 0.224 e. The molecule has 0 heterocycles. The molecule has 4 heteroatoms. The zero-order valence-electron chi connectivity index (χ0n) is 11.9. The summed E-state index contributed by atoms with van der Waals surface area (Å²) in [6.45, 7) is 1.51. The number of Topliss-reactive ketones (excluding diaryl/α,β-unsaturated/α-hetero) is 1. The number of amides is 1. The molecule has 0 aliphatic carbocycles. The maximum absolute atomic E-state index is 11.9. The molecule has 1 amide bonds. The van der Waals surface area contributed by atoms with E-state index in [-0.39, 0.29) is 11.7 Å². The first-order valence-corrected chi connectivity index (χ1v) is 6.80. The number of ketones is 1. The van der Waals surface area contributed by atoms with E-state index in [1.807, 2.05) is 24.3 Å². The van der Waals surface area contributed by atoms with Crippen LogP contribution in [0.25, 0.3) is 0 Å². The number of para-hydroxylation sites is 1. The lowest BCUT2D eigenvalue weighted by Gasteiger charge is -2.07. The van der Waals surface area contributed by atoms with Crippen molar-refractivity contribution in [2.24, 2.45) is 0 Å². The molecule has 0 aliphatic rings. The van der Waals surface area contributed by atoms with Gasteiger partial charge in [0.05, 0.1) is 0 Å². The Balaban J connectivity index is 1.90. The van der Waals surface area contributed by atoms with Crippen molar-refractivity contribution in [3.05, 3.63) is 59.7 Å². The van der Waals surface area contributed by atoms with E-state index in [4.69, 9.17) is 5.73 Å². The number of nitrogen functional groups attached to an aromatic ring is 1. The van der Waals surface area contributed by atoms with E-state index in [0.717, 1.165) is 5.56 Å². The summed E-state index contributed by atoms with van der Waals surface area (Å²) < 4.78 is 0. The maximum Gasteiger partial charge on any atom is 0.224 e. The van der Waals surface area contributed by atoms with Gasteiger partial charge in [0.2, 0.25) is 5.91 Å². The predicted octanol–water partition coefficient (Wildman–Crippen LogP) is 3.04. The first-order valence-electron chi connectivity index (χ1n) is 6.80. The molecule has 21 heavy (non-hydrogen) atoms. The average Bonchev–Trinajstić information content (AvgIpc) is 2.47. The summed E-state index contributed by atoms with van der Waals surface area (Å²) in [7, 11) is 0. The van der Waals surface area contributed by atoms with Crippen molar-refractivity contribution in [2.75, 3.05) is 11.1 Å². The summed E-state index contributed by atoms with van der Waals surface area (Å²) in [4.78, 5) is 23.1. The van der Waals surface area contributed by atoms with Gasteiger partial charge in [0.15, 0.2) is 5.78 Å². The molecule has 0 spiro atoms. The Kier molecular flexibility index (Phi) is 4.72. The zero-order chi connectivity index (χ0) is 15.2. The van der Waals surface area contributed by atoms with E-state index in [1.54, 1.807) is 24.3 Å². The molecule has 4 nitrogen and oxygen atoms in total. The van der Waals surface area contributed by atoms with Crippen LogP contribution in [0, 0.1) is 0 Å². The molecule has 0 saturated heterocycles. The Bertz CT molecular complexity index is 648. The molecule has 0 saturated carbocycles. The predicted molar refractivity (Wildman–Crippen MR) is 84.3 cm³/mol. The van der Waals surface area contributed by atoms with Crippen molar-refractivity contribution in [1.82, 2.24) is 0 Å². The van der Waals surface area contributed by atoms with Gasteiger partial charge >= 0.3 is 0 Å². The SMILES string of the molecule is CC(=O)c1ccc(NC(=O)CCc2ccccc2N)cc1. The lowest BCUT2D eigenvalue weighted by Crippen LogP contribution is -2.12. The largest absolute Gasteiger partial charge is 0.399 e. The first kappa shape index (κ1) is 14.8. The van der Waals surface area contributed by atoms with Crippen molar-refractivity contribution in [3.63, 3.8) is 0 Å². The number of benzene rings is 2. The third-order valence-corrected chi connectivity index (χ3v) is 3.25. The van der Waals surface area contributed by atoms with Gasteiger partial charge in [-0.15, -0.1) is 0 Å². The third kappa shape index (κ3) is 4.18. The molecule has 0 atom stereocenters. The highest BCUT2D eigenvalue weighted by molar-refractivity contribution is 5.95. The van der Waals surface area contributed by atoms with Crippen molar-refractivity contribution < 1.29 is 9.59 Å². The van der Waals surface area contributed by atoms with E-state index in [9.17, 15) is 9.59 Å². The van der Waals surface area contributed by atoms with E-state index in [0.29, 0.717) is 29.8 Å². The van der Waals surface area contributed by atoms with Gasteiger partial charge < -0.3 is 11.1 Å². The Morgan fingerprint density at radius 1 is 1.05 bits per heavy atom. The quantitative estimate of drug-likeness (QED) is 0.654. The summed E-state index contributed by atoms with van der Waals surface area (Å²) in [5, 5.41) is 2.81. The minimum absolute atomic E-state index is 0.00688. The lowest BCUT2D eigenvalue weighted by atomic mass is 10.1. The van der Waals surface area contributed by atoms with Crippen LogP contribution < -0.4 is 11.1 Å². The summed E-state index contributed by atoms with van der Waals surface area (Å²) in [5.74, 6) is -0.0683. The van der Waals surface area contributed by atoms with Gasteiger partial charge in [-0.25, -0.2) is 0 Å². The number of nitrogens with two attached hydrogens (primary N) is 1. The first-order chi connectivity index (χ1) is 10.1. The number of carbonyl (C=O) groups is 2. The van der Waals surface area contributed by atoms with Crippen LogP contribution in [0.5, 0.6) is 0 Å². The highest BCUT2D eigenvalue weighted by Gasteiger charge is 2.05. The fourth-order valence-corrected chi connectivity index (χ4v) is 2.02. The summed E-state index contributed by atoms with van der Waals surface area (Å²) in [6, 6.07) is 14.4. The molecule has 2 aromatic carbocycles.